The van der Waals surface area contributed by atoms with Crippen molar-refractivity contribution in [1.82, 2.24) is 4.90 Å². The highest BCUT2D eigenvalue weighted by atomic mass is 16.5. The van der Waals surface area contributed by atoms with Gasteiger partial charge in [-0.2, -0.15) is 0 Å². The number of amides is 1. The first kappa shape index (κ1) is 16.6. The van der Waals surface area contributed by atoms with E-state index in [2.05, 4.69) is 6.58 Å². The van der Waals surface area contributed by atoms with Gasteiger partial charge in [-0.3, -0.25) is 9.59 Å². The van der Waals surface area contributed by atoms with Crippen LogP contribution in [-0.4, -0.2) is 49.2 Å². The monoisotopic (exact) mass is 293 g/mol. The lowest BCUT2D eigenvalue weighted by atomic mass is 10.1. The van der Waals surface area contributed by atoms with Gasteiger partial charge in [-0.1, -0.05) is 6.08 Å². The fourth-order valence-electron chi connectivity index (χ4n) is 1.81. The van der Waals surface area contributed by atoms with Crippen molar-refractivity contribution in [2.24, 2.45) is 0 Å². The summed E-state index contributed by atoms with van der Waals surface area (Å²) in [4.78, 5) is 24.5. The average molecular weight is 293 g/mol. The van der Waals surface area contributed by atoms with Gasteiger partial charge in [0.1, 0.15) is 0 Å². The molecule has 0 fully saturated rings. The summed E-state index contributed by atoms with van der Waals surface area (Å²) in [6.45, 7) is 3.98. The van der Waals surface area contributed by atoms with Crippen molar-refractivity contribution < 1.29 is 24.2 Å². The largest absolute Gasteiger partial charge is 0.493 e. The minimum atomic E-state index is -0.954. The van der Waals surface area contributed by atoms with E-state index in [1.165, 1.54) is 19.1 Å². The van der Waals surface area contributed by atoms with E-state index in [0.717, 1.165) is 0 Å². The second kappa shape index (κ2) is 7.94. The summed E-state index contributed by atoms with van der Waals surface area (Å²) in [6, 6.07) is 4.81. The number of carbonyl (C=O) groups excluding carboxylic acids is 1. The van der Waals surface area contributed by atoms with Gasteiger partial charge in [0.2, 0.25) is 0 Å². The van der Waals surface area contributed by atoms with Gasteiger partial charge in [0.15, 0.2) is 11.5 Å². The number of benzene rings is 1. The number of hydrogen-bond acceptors (Lipinski definition) is 4. The summed E-state index contributed by atoms with van der Waals surface area (Å²) in [5.74, 6) is -0.267. The predicted molar refractivity (Wildman–Crippen MR) is 77.9 cm³/mol. The molecule has 6 heteroatoms. The fourth-order valence-corrected chi connectivity index (χ4v) is 1.81. The minimum Gasteiger partial charge on any atom is -0.493 e. The molecule has 0 aromatic heterocycles. The molecule has 0 spiro atoms. The highest BCUT2D eigenvalue weighted by molar-refractivity contribution is 5.95. The number of ether oxygens (including phenoxy) is 2. The second-order valence-corrected chi connectivity index (χ2v) is 4.25. The van der Waals surface area contributed by atoms with Crippen molar-refractivity contribution in [3.8, 4) is 11.5 Å². The van der Waals surface area contributed by atoms with Crippen molar-refractivity contribution in [3.05, 3.63) is 36.4 Å². The predicted octanol–water partition coefficient (Wildman–Crippen LogP) is 1.81. The van der Waals surface area contributed by atoms with E-state index in [1.807, 2.05) is 0 Å². The molecule has 0 aliphatic rings. The smallest absolute Gasteiger partial charge is 0.305 e. The fraction of sp³-hybridized carbons (Fsp3) is 0.333. The highest BCUT2D eigenvalue weighted by Gasteiger charge is 2.17. The zero-order valence-corrected chi connectivity index (χ0v) is 12.2. The Balaban J connectivity index is 2.97. The Morgan fingerprint density at radius 3 is 2.48 bits per heavy atom. The molecular weight excluding hydrogens is 274 g/mol. The Labute approximate surface area is 123 Å². The Morgan fingerprint density at radius 1 is 1.29 bits per heavy atom. The van der Waals surface area contributed by atoms with Crippen molar-refractivity contribution in [2.75, 3.05) is 27.3 Å². The number of carboxylic acid groups (broad SMARTS) is 1. The van der Waals surface area contributed by atoms with E-state index in [9.17, 15) is 9.59 Å². The molecule has 1 rings (SSSR count). The lowest BCUT2D eigenvalue weighted by Crippen LogP contribution is -2.33. The number of rotatable bonds is 8. The molecule has 0 saturated heterocycles. The van der Waals surface area contributed by atoms with E-state index in [4.69, 9.17) is 14.6 Å². The van der Waals surface area contributed by atoms with Crippen LogP contribution in [-0.2, 0) is 4.79 Å². The van der Waals surface area contributed by atoms with Crippen LogP contribution in [0.2, 0.25) is 0 Å². The highest BCUT2D eigenvalue weighted by Crippen LogP contribution is 2.28. The first-order chi connectivity index (χ1) is 10.0. The molecule has 0 unspecified atom stereocenters. The number of methoxy groups -OCH3 is 2. The average Bonchev–Trinajstić information content (AvgIpc) is 2.49. The Bertz CT molecular complexity index is 527. The van der Waals surface area contributed by atoms with E-state index in [1.54, 1.807) is 24.3 Å². The third kappa shape index (κ3) is 4.52. The molecule has 6 nitrogen and oxygen atoms in total. The van der Waals surface area contributed by atoms with Crippen LogP contribution < -0.4 is 9.47 Å². The molecule has 0 bridgehead atoms. The van der Waals surface area contributed by atoms with Crippen LogP contribution in [0.15, 0.2) is 30.9 Å². The molecule has 0 aliphatic carbocycles. The van der Waals surface area contributed by atoms with E-state index in [-0.39, 0.29) is 25.4 Å². The first-order valence-electron chi connectivity index (χ1n) is 6.37. The third-order valence-corrected chi connectivity index (χ3v) is 2.86. The molecule has 0 heterocycles. The van der Waals surface area contributed by atoms with Crippen LogP contribution in [0.4, 0.5) is 0 Å². The zero-order valence-electron chi connectivity index (χ0n) is 12.2. The van der Waals surface area contributed by atoms with Crippen molar-refractivity contribution in [3.63, 3.8) is 0 Å². The summed E-state index contributed by atoms with van der Waals surface area (Å²) in [6.07, 6.45) is 1.44. The van der Waals surface area contributed by atoms with Gasteiger partial charge in [-0.25, -0.2) is 0 Å². The molecule has 0 aliphatic heterocycles. The molecule has 21 heavy (non-hydrogen) atoms. The quantitative estimate of drug-likeness (QED) is 0.740. The zero-order chi connectivity index (χ0) is 15.8. The summed E-state index contributed by atoms with van der Waals surface area (Å²) < 4.78 is 10.3. The number of carboxylic acids is 1. The van der Waals surface area contributed by atoms with Crippen molar-refractivity contribution in [1.29, 1.82) is 0 Å². The normalized spacial score (nSPS) is 9.81. The molecule has 1 N–H and O–H groups in total. The van der Waals surface area contributed by atoms with Crippen LogP contribution in [0.1, 0.15) is 16.8 Å². The lowest BCUT2D eigenvalue weighted by Gasteiger charge is -2.21. The summed E-state index contributed by atoms with van der Waals surface area (Å²) in [5, 5.41) is 8.73. The Kier molecular flexibility index (Phi) is 6.26. The molecule has 1 amide bonds. The molecule has 0 saturated carbocycles. The Hall–Kier alpha value is -2.50. The topological polar surface area (TPSA) is 76.1 Å². The van der Waals surface area contributed by atoms with Crippen molar-refractivity contribution in [2.45, 2.75) is 6.42 Å². The van der Waals surface area contributed by atoms with Gasteiger partial charge in [0.05, 0.1) is 20.6 Å². The molecule has 114 valence electrons. The van der Waals surface area contributed by atoms with Gasteiger partial charge in [0.25, 0.3) is 5.91 Å². The maximum Gasteiger partial charge on any atom is 0.305 e. The summed E-state index contributed by atoms with van der Waals surface area (Å²) in [5.41, 5.74) is 0.403. The van der Waals surface area contributed by atoms with Gasteiger partial charge in [-0.05, 0) is 18.2 Å². The van der Waals surface area contributed by atoms with Gasteiger partial charge in [0, 0.05) is 18.7 Å². The van der Waals surface area contributed by atoms with E-state index < -0.39 is 5.97 Å². The summed E-state index contributed by atoms with van der Waals surface area (Å²) in [7, 11) is 2.99. The molecular formula is C15H19NO5. The maximum atomic E-state index is 12.4. The van der Waals surface area contributed by atoms with Gasteiger partial charge < -0.3 is 19.5 Å². The molecule has 0 atom stereocenters. The number of carbonyl (C=O) groups is 2. The van der Waals surface area contributed by atoms with Crippen LogP contribution >= 0.6 is 0 Å². The molecule has 0 radical (unpaired) electrons. The van der Waals surface area contributed by atoms with Crippen LogP contribution in [0.5, 0.6) is 11.5 Å². The van der Waals surface area contributed by atoms with Gasteiger partial charge in [-0.15, -0.1) is 6.58 Å². The third-order valence-electron chi connectivity index (χ3n) is 2.86. The second-order valence-electron chi connectivity index (χ2n) is 4.25. The molecule has 1 aromatic rings. The number of hydrogen-bond donors (Lipinski definition) is 1. The summed E-state index contributed by atoms with van der Waals surface area (Å²) >= 11 is 0. The number of nitrogens with zero attached hydrogens (tertiary/aromatic N) is 1. The van der Waals surface area contributed by atoms with E-state index in [0.29, 0.717) is 17.1 Å². The maximum absolute atomic E-state index is 12.4. The van der Waals surface area contributed by atoms with Crippen LogP contribution in [0.3, 0.4) is 0 Å². The standard InChI is InChI=1S/C15H19NO5/c1-4-8-16(9-7-14(17)18)15(19)11-5-6-12(20-2)13(10-11)21-3/h4-6,10H,1,7-9H2,2-3H3,(H,17,18). The van der Waals surface area contributed by atoms with Crippen molar-refractivity contribution >= 4 is 11.9 Å². The SMILES string of the molecule is C=CCN(CCC(=O)O)C(=O)c1ccc(OC)c(OC)c1. The Morgan fingerprint density at radius 2 is 1.95 bits per heavy atom. The molecule has 1 aromatic carbocycles. The van der Waals surface area contributed by atoms with Crippen LogP contribution in [0, 0.1) is 0 Å². The number of aliphatic carboxylic acids is 1. The first-order valence-corrected chi connectivity index (χ1v) is 6.37. The van der Waals surface area contributed by atoms with Crippen LogP contribution in [0.25, 0.3) is 0 Å². The van der Waals surface area contributed by atoms with E-state index >= 15 is 0 Å². The minimum absolute atomic E-state index is 0.118. The van der Waals surface area contributed by atoms with Gasteiger partial charge >= 0.3 is 5.97 Å². The lowest BCUT2D eigenvalue weighted by molar-refractivity contribution is -0.137.